The SMILES string of the molecule is Cc1nc(N)c2c(n1)c(C)nn2-c1ccc(NC(=O)[C@H](O)c2cc(F)cc(Cl)c2)cc1F. The summed E-state index contributed by atoms with van der Waals surface area (Å²) in [5.41, 5.74) is 7.53. The second-order valence-electron chi connectivity index (χ2n) is 7.11. The number of anilines is 2. The van der Waals surface area contributed by atoms with Gasteiger partial charge in [0, 0.05) is 10.7 Å². The fraction of sp³-hybridized carbons (Fsp3) is 0.143. The topological polar surface area (TPSA) is 119 Å². The normalized spacial score (nSPS) is 12.2. The molecule has 4 aromatic rings. The Morgan fingerprint density at radius 2 is 1.94 bits per heavy atom. The maximum atomic E-state index is 14.9. The van der Waals surface area contributed by atoms with Gasteiger partial charge in [-0.3, -0.25) is 4.79 Å². The average Bonchev–Trinajstić information content (AvgIpc) is 3.03. The molecule has 0 saturated carbocycles. The standard InChI is InChI=1S/C21H17ClF2N6O2/c1-9-17-18(20(25)27-10(2)26-17)30(29-9)16-4-3-14(8-15(16)24)28-21(32)19(31)11-5-12(22)7-13(23)6-11/h3-8,19,31H,1-2H3,(H,28,32)(H2,25,26,27)/t19-/m1/s1. The van der Waals surface area contributed by atoms with E-state index in [1.807, 2.05) is 0 Å². The van der Waals surface area contributed by atoms with Crippen LogP contribution in [0.1, 0.15) is 23.2 Å². The molecule has 1 amide bonds. The number of carbonyl (C=O) groups is 1. The number of nitrogens with two attached hydrogens (primary N) is 1. The molecule has 0 saturated heterocycles. The molecule has 2 aromatic heterocycles. The molecule has 0 spiro atoms. The van der Waals surface area contributed by atoms with Crippen molar-refractivity contribution in [1.82, 2.24) is 19.7 Å². The number of nitrogens with one attached hydrogen (secondary N) is 1. The molecule has 32 heavy (non-hydrogen) atoms. The maximum Gasteiger partial charge on any atom is 0.257 e. The third-order valence-corrected chi connectivity index (χ3v) is 4.94. The van der Waals surface area contributed by atoms with E-state index in [4.69, 9.17) is 17.3 Å². The fourth-order valence-corrected chi connectivity index (χ4v) is 3.55. The van der Waals surface area contributed by atoms with Gasteiger partial charge in [-0.1, -0.05) is 11.6 Å². The predicted molar refractivity (Wildman–Crippen MR) is 116 cm³/mol. The Kier molecular flexibility index (Phi) is 5.49. The molecule has 11 heteroatoms. The van der Waals surface area contributed by atoms with Gasteiger partial charge in [0.05, 0.1) is 5.69 Å². The molecule has 0 aliphatic carbocycles. The minimum absolute atomic E-state index is 0.0300. The number of fused-ring (bicyclic) bond motifs is 1. The van der Waals surface area contributed by atoms with Crippen molar-refractivity contribution in [1.29, 1.82) is 0 Å². The number of nitrogen functional groups attached to an aromatic ring is 1. The summed E-state index contributed by atoms with van der Waals surface area (Å²) in [5, 5.41) is 16.9. The zero-order valence-electron chi connectivity index (χ0n) is 16.9. The number of carbonyl (C=O) groups excluding carboxylic acids is 1. The molecule has 4 N–H and O–H groups in total. The average molecular weight is 459 g/mol. The summed E-state index contributed by atoms with van der Waals surface area (Å²) >= 11 is 5.76. The van der Waals surface area contributed by atoms with Crippen molar-refractivity contribution in [2.45, 2.75) is 20.0 Å². The van der Waals surface area contributed by atoms with Gasteiger partial charge in [0.15, 0.2) is 17.7 Å². The zero-order chi connectivity index (χ0) is 23.2. The molecule has 2 aromatic carbocycles. The number of aryl methyl sites for hydroxylation is 2. The number of nitrogens with zero attached hydrogens (tertiary/aromatic N) is 4. The Hall–Kier alpha value is -3.63. The van der Waals surface area contributed by atoms with Gasteiger partial charge < -0.3 is 16.2 Å². The van der Waals surface area contributed by atoms with E-state index in [1.54, 1.807) is 13.8 Å². The second-order valence-corrected chi connectivity index (χ2v) is 7.55. The lowest BCUT2D eigenvalue weighted by molar-refractivity contribution is -0.124. The molecule has 8 nitrogen and oxygen atoms in total. The number of hydrogen-bond acceptors (Lipinski definition) is 6. The summed E-state index contributed by atoms with van der Waals surface area (Å²) < 4.78 is 29.7. The summed E-state index contributed by atoms with van der Waals surface area (Å²) in [7, 11) is 0. The van der Waals surface area contributed by atoms with Crippen molar-refractivity contribution in [2.24, 2.45) is 0 Å². The van der Waals surface area contributed by atoms with Gasteiger partial charge in [-0.2, -0.15) is 5.10 Å². The highest BCUT2D eigenvalue weighted by atomic mass is 35.5. The molecule has 2 heterocycles. The van der Waals surface area contributed by atoms with Crippen molar-refractivity contribution >= 4 is 40.0 Å². The number of aliphatic hydroxyl groups excluding tert-OH is 1. The Bertz CT molecular complexity index is 1350. The molecule has 0 unspecified atom stereocenters. The van der Waals surface area contributed by atoms with Gasteiger partial charge in [-0.05, 0) is 55.8 Å². The van der Waals surface area contributed by atoms with Crippen LogP contribution in [0.4, 0.5) is 20.3 Å². The van der Waals surface area contributed by atoms with E-state index in [2.05, 4.69) is 20.4 Å². The first-order valence-electron chi connectivity index (χ1n) is 9.38. The van der Waals surface area contributed by atoms with Gasteiger partial charge in [-0.25, -0.2) is 23.4 Å². The van der Waals surface area contributed by atoms with Crippen LogP contribution in [-0.4, -0.2) is 30.8 Å². The van der Waals surface area contributed by atoms with Crippen molar-refractivity contribution in [3.05, 3.63) is 70.1 Å². The number of hydrogen-bond donors (Lipinski definition) is 3. The van der Waals surface area contributed by atoms with Crippen molar-refractivity contribution < 1.29 is 18.7 Å². The van der Waals surface area contributed by atoms with E-state index >= 15 is 0 Å². The van der Waals surface area contributed by atoms with Crippen LogP contribution < -0.4 is 11.1 Å². The van der Waals surface area contributed by atoms with Crippen molar-refractivity contribution in [2.75, 3.05) is 11.1 Å². The van der Waals surface area contributed by atoms with E-state index in [0.717, 1.165) is 18.2 Å². The molecule has 0 radical (unpaired) electrons. The second kappa shape index (κ2) is 8.13. The van der Waals surface area contributed by atoms with Crippen molar-refractivity contribution in [3.8, 4) is 5.69 Å². The minimum atomic E-state index is -1.70. The zero-order valence-corrected chi connectivity index (χ0v) is 17.7. The van der Waals surface area contributed by atoms with E-state index in [-0.39, 0.29) is 27.8 Å². The first-order chi connectivity index (χ1) is 15.1. The van der Waals surface area contributed by atoms with Gasteiger partial charge >= 0.3 is 0 Å². The van der Waals surface area contributed by atoms with Crippen LogP contribution in [0.5, 0.6) is 0 Å². The first kappa shape index (κ1) is 21.6. The van der Waals surface area contributed by atoms with E-state index in [1.165, 1.54) is 22.9 Å². The largest absolute Gasteiger partial charge is 0.382 e. The Labute approximate surface area is 185 Å². The van der Waals surface area contributed by atoms with Crippen LogP contribution in [0.25, 0.3) is 16.7 Å². The molecular formula is C21H17ClF2N6O2. The van der Waals surface area contributed by atoms with E-state index in [0.29, 0.717) is 22.6 Å². The highest BCUT2D eigenvalue weighted by molar-refractivity contribution is 6.30. The number of halogens is 3. The predicted octanol–water partition coefficient (Wildman–Crippen LogP) is 3.62. The summed E-state index contributed by atoms with van der Waals surface area (Å²) in [6.07, 6.45) is -1.70. The summed E-state index contributed by atoms with van der Waals surface area (Å²) in [4.78, 5) is 20.8. The van der Waals surface area contributed by atoms with E-state index < -0.39 is 23.6 Å². The van der Waals surface area contributed by atoms with Gasteiger partial charge in [0.1, 0.15) is 28.4 Å². The van der Waals surface area contributed by atoms with Crippen LogP contribution in [0.3, 0.4) is 0 Å². The smallest absolute Gasteiger partial charge is 0.257 e. The molecule has 0 aliphatic rings. The third-order valence-electron chi connectivity index (χ3n) is 4.72. The molecule has 164 valence electrons. The van der Waals surface area contributed by atoms with Crippen LogP contribution in [0.2, 0.25) is 5.02 Å². The summed E-state index contributed by atoms with van der Waals surface area (Å²) in [6.45, 7) is 3.41. The van der Waals surface area contributed by atoms with Crippen molar-refractivity contribution in [3.63, 3.8) is 0 Å². The molecule has 0 aliphatic heterocycles. The van der Waals surface area contributed by atoms with Gasteiger partial charge in [-0.15, -0.1) is 0 Å². The number of amides is 1. The fourth-order valence-electron chi connectivity index (χ4n) is 3.32. The first-order valence-corrected chi connectivity index (χ1v) is 9.76. The number of aromatic nitrogens is 4. The number of benzene rings is 2. The highest BCUT2D eigenvalue weighted by Crippen LogP contribution is 2.27. The highest BCUT2D eigenvalue weighted by Gasteiger charge is 2.21. The number of rotatable bonds is 4. The molecule has 1 atom stereocenters. The Balaban J connectivity index is 1.63. The molecule has 0 bridgehead atoms. The Morgan fingerprint density at radius 1 is 1.19 bits per heavy atom. The lowest BCUT2D eigenvalue weighted by Gasteiger charge is -2.13. The third kappa shape index (κ3) is 3.97. The molecule has 0 fully saturated rings. The van der Waals surface area contributed by atoms with Crippen LogP contribution >= 0.6 is 11.6 Å². The van der Waals surface area contributed by atoms with Gasteiger partial charge in [0.25, 0.3) is 5.91 Å². The quantitative estimate of drug-likeness (QED) is 0.430. The summed E-state index contributed by atoms with van der Waals surface area (Å²) in [5.74, 6) is -1.67. The van der Waals surface area contributed by atoms with Crippen LogP contribution in [-0.2, 0) is 4.79 Å². The lowest BCUT2D eigenvalue weighted by Crippen LogP contribution is -2.21. The van der Waals surface area contributed by atoms with E-state index in [9.17, 15) is 18.7 Å². The maximum absolute atomic E-state index is 14.9. The van der Waals surface area contributed by atoms with Gasteiger partial charge in [0.2, 0.25) is 0 Å². The summed E-state index contributed by atoms with van der Waals surface area (Å²) in [6, 6.07) is 7.17. The van der Waals surface area contributed by atoms with Crippen LogP contribution in [0, 0.1) is 25.5 Å². The monoisotopic (exact) mass is 458 g/mol. The minimum Gasteiger partial charge on any atom is -0.382 e. The molecular weight excluding hydrogens is 442 g/mol. The van der Waals surface area contributed by atoms with Crippen LogP contribution in [0.15, 0.2) is 36.4 Å². The Morgan fingerprint density at radius 3 is 2.62 bits per heavy atom. The molecule has 4 rings (SSSR count). The lowest BCUT2D eigenvalue weighted by atomic mass is 10.1. The number of aliphatic hydroxyl groups is 1.